The molecule has 4 nitrogen and oxygen atoms in total. The lowest BCUT2D eigenvalue weighted by molar-refractivity contribution is 0.0625. The topological polar surface area (TPSA) is 36.9 Å². The first kappa shape index (κ1) is 22.0. The van der Waals surface area contributed by atoms with Crippen LogP contribution in [0.3, 0.4) is 0 Å². The molecule has 1 aliphatic rings. The Morgan fingerprint density at radius 2 is 1.89 bits per heavy atom. The highest BCUT2D eigenvalue weighted by Crippen LogP contribution is 2.18. The number of nitrogens with zero attached hydrogens (tertiary/aromatic N) is 2. The van der Waals surface area contributed by atoms with Gasteiger partial charge in [-0.2, -0.15) is 0 Å². The molecule has 0 amide bonds. The van der Waals surface area contributed by atoms with Crippen LogP contribution in [0.15, 0.2) is 47.5 Å². The smallest absolute Gasteiger partial charge is 0.193 e. The fraction of sp³-hybridized carbons (Fsp3) is 0.500. The fourth-order valence-electron chi connectivity index (χ4n) is 3.61. The number of hydrogen-bond acceptors (Lipinski definition) is 2. The van der Waals surface area contributed by atoms with Crippen LogP contribution in [0.2, 0.25) is 0 Å². The maximum Gasteiger partial charge on any atom is 0.193 e. The number of hydrogen-bond donors (Lipinski definition) is 1. The summed E-state index contributed by atoms with van der Waals surface area (Å²) in [6.07, 6.45) is 4.60. The summed E-state index contributed by atoms with van der Waals surface area (Å²) in [5.41, 5.74) is 1.36. The first-order valence-corrected chi connectivity index (χ1v) is 9.73. The number of guanidine groups is 1. The molecule has 0 atom stereocenters. The van der Waals surface area contributed by atoms with E-state index >= 15 is 0 Å². The third-order valence-corrected chi connectivity index (χ3v) is 5.30. The van der Waals surface area contributed by atoms with E-state index in [0.717, 1.165) is 44.6 Å². The predicted octanol–water partition coefficient (Wildman–Crippen LogP) is 4.32. The molecule has 0 aliphatic carbocycles. The van der Waals surface area contributed by atoms with Gasteiger partial charge in [0.2, 0.25) is 0 Å². The largest absolute Gasteiger partial charge is 0.381 e. The minimum atomic E-state index is 0. The van der Waals surface area contributed by atoms with E-state index in [1.807, 2.05) is 7.05 Å². The van der Waals surface area contributed by atoms with Crippen LogP contribution in [-0.2, 0) is 11.2 Å². The van der Waals surface area contributed by atoms with Crippen LogP contribution in [-0.4, -0.2) is 51.3 Å². The fourth-order valence-corrected chi connectivity index (χ4v) is 3.61. The van der Waals surface area contributed by atoms with Crippen LogP contribution in [0, 0.1) is 5.92 Å². The Hall–Kier alpha value is -1.34. The van der Waals surface area contributed by atoms with Gasteiger partial charge >= 0.3 is 0 Å². The lowest BCUT2D eigenvalue weighted by atomic mass is 9.96. The summed E-state index contributed by atoms with van der Waals surface area (Å²) in [7, 11) is 3.99. The molecule has 3 rings (SSSR count). The van der Waals surface area contributed by atoms with Crippen molar-refractivity contribution >= 4 is 40.7 Å². The molecule has 2 aromatic carbocycles. The molecule has 5 heteroatoms. The first-order valence-electron chi connectivity index (χ1n) is 9.73. The molecule has 0 aromatic heterocycles. The number of halogens is 1. The standard InChI is InChI=1S/C22H31N3O.HI/c1-23-22(25(2)14-10-18-11-15-26-16-12-18)24-13-9-19-7-8-20-5-3-4-6-21(20)17-19;/h3-8,17-18H,9-16H2,1-2H3,(H,23,24);1H. The number of nitrogens with one attached hydrogen (secondary N) is 1. The van der Waals surface area contributed by atoms with Crippen molar-refractivity contribution in [3.63, 3.8) is 0 Å². The summed E-state index contributed by atoms with van der Waals surface area (Å²) in [5.74, 6) is 1.78. The average molecular weight is 481 g/mol. The minimum Gasteiger partial charge on any atom is -0.381 e. The number of rotatable bonds is 6. The number of aliphatic imine (C=N–C) groups is 1. The molecule has 0 saturated carbocycles. The summed E-state index contributed by atoms with van der Waals surface area (Å²) in [6.45, 7) is 3.78. The molecular weight excluding hydrogens is 449 g/mol. The minimum absolute atomic E-state index is 0. The van der Waals surface area contributed by atoms with Gasteiger partial charge in [-0.1, -0.05) is 42.5 Å². The monoisotopic (exact) mass is 481 g/mol. The normalized spacial score (nSPS) is 15.4. The maximum atomic E-state index is 5.45. The van der Waals surface area contributed by atoms with Crippen LogP contribution >= 0.6 is 24.0 Å². The van der Waals surface area contributed by atoms with Gasteiger partial charge in [0.25, 0.3) is 0 Å². The third-order valence-electron chi connectivity index (χ3n) is 5.30. The molecule has 0 radical (unpaired) electrons. The van der Waals surface area contributed by atoms with Crippen molar-refractivity contribution in [2.45, 2.75) is 25.7 Å². The van der Waals surface area contributed by atoms with Gasteiger partial charge in [-0.25, -0.2) is 0 Å². The van der Waals surface area contributed by atoms with E-state index in [2.05, 4.69) is 64.7 Å². The SMILES string of the molecule is CN=C(NCCc1ccc2ccccc2c1)N(C)CCC1CCOCC1.I. The van der Waals surface area contributed by atoms with E-state index in [1.54, 1.807) is 0 Å². The van der Waals surface area contributed by atoms with E-state index in [4.69, 9.17) is 4.74 Å². The van der Waals surface area contributed by atoms with Crippen LogP contribution in [0.25, 0.3) is 10.8 Å². The van der Waals surface area contributed by atoms with Crippen molar-refractivity contribution in [2.75, 3.05) is 40.4 Å². The highest BCUT2D eigenvalue weighted by Gasteiger charge is 2.15. The average Bonchev–Trinajstić information content (AvgIpc) is 2.70. The summed E-state index contributed by atoms with van der Waals surface area (Å²) in [4.78, 5) is 6.69. The summed E-state index contributed by atoms with van der Waals surface area (Å²) < 4.78 is 5.45. The van der Waals surface area contributed by atoms with Crippen LogP contribution < -0.4 is 5.32 Å². The molecule has 0 spiro atoms. The van der Waals surface area contributed by atoms with Gasteiger partial charge in [-0.15, -0.1) is 24.0 Å². The highest BCUT2D eigenvalue weighted by molar-refractivity contribution is 14.0. The Labute approximate surface area is 180 Å². The number of ether oxygens (including phenoxy) is 1. The van der Waals surface area contributed by atoms with Crippen molar-refractivity contribution in [3.8, 4) is 0 Å². The second-order valence-corrected chi connectivity index (χ2v) is 7.17. The van der Waals surface area contributed by atoms with Crippen LogP contribution in [0.1, 0.15) is 24.8 Å². The highest BCUT2D eigenvalue weighted by atomic mass is 127. The van der Waals surface area contributed by atoms with Crippen LogP contribution in [0.5, 0.6) is 0 Å². The van der Waals surface area contributed by atoms with Crippen molar-refractivity contribution in [3.05, 3.63) is 48.0 Å². The molecule has 1 N–H and O–H groups in total. The second-order valence-electron chi connectivity index (χ2n) is 7.17. The third kappa shape index (κ3) is 6.64. The molecule has 27 heavy (non-hydrogen) atoms. The van der Waals surface area contributed by atoms with Crippen molar-refractivity contribution in [2.24, 2.45) is 10.9 Å². The lowest BCUT2D eigenvalue weighted by Gasteiger charge is -2.26. The van der Waals surface area contributed by atoms with Gasteiger partial charge in [0.15, 0.2) is 5.96 Å². The van der Waals surface area contributed by atoms with E-state index in [9.17, 15) is 0 Å². The quantitative estimate of drug-likeness (QED) is 0.379. The van der Waals surface area contributed by atoms with Gasteiger partial charge in [-0.3, -0.25) is 4.99 Å². The van der Waals surface area contributed by atoms with Gasteiger partial charge in [0.1, 0.15) is 0 Å². The Kier molecular flexibility index (Phi) is 9.34. The molecule has 1 aliphatic heterocycles. The molecule has 0 unspecified atom stereocenters. The second kappa shape index (κ2) is 11.5. The summed E-state index contributed by atoms with van der Waals surface area (Å²) >= 11 is 0. The zero-order valence-electron chi connectivity index (χ0n) is 16.5. The van der Waals surface area contributed by atoms with Crippen molar-refractivity contribution < 1.29 is 4.74 Å². The van der Waals surface area contributed by atoms with Gasteiger partial charge in [-0.05, 0) is 47.9 Å². The van der Waals surface area contributed by atoms with E-state index in [0.29, 0.717) is 0 Å². The van der Waals surface area contributed by atoms with Crippen molar-refractivity contribution in [1.29, 1.82) is 0 Å². The summed E-state index contributed by atoms with van der Waals surface area (Å²) in [6, 6.07) is 15.2. The predicted molar refractivity (Wildman–Crippen MR) is 125 cm³/mol. The maximum absolute atomic E-state index is 5.45. The first-order chi connectivity index (χ1) is 12.8. The molecule has 148 valence electrons. The molecule has 0 bridgehead atoms. The molecule has 1 heterocycles. The van der Waals surface area contributed by atoms with Gasteiger partial charge in [0, 0.05) is 40.4 Å². The number of benzene rings is 2. The molecular formula is C22H32IN3O. The lowest BCUT2D eigenvalue weighted by Crippen LogP contribution is -2.40. The Balaban J connectivity index is 0.00000261. The Morgan fingerprint density at radius 1 is 1.15 bits per heavy atom. The van der Waals surface area contributed by atoms with Gasteiger partial charge in [0.05, 0.1) is 0 Å². The van der Waals surface area contributed by atoms with E-state index in [-0.39, 0.29) is 24.0 Å². The van der Waals surface area contributed by atoms with Crippen LogP contribution in [0.4, 0.5) is 0 Å². The molecule has 2 aromatic rings. The van der Waals surface area contributed by atoms with Gasteiger partial charge < -0.3 is 15.0 Å². The number of fused-ring (bicyclic) bond motifs is 1. The summed E-state index contributed by atoms with van der Waals surface area (Å²) in [5, 5.41) is 6.11. The molecule has 1 fully saturated rings. The zero-order valence-corrected chi connectivity index (χ0v) is 18.8. The van der Waals surface area contributed by atoms with E-state index < -0.39 is 0 Å². The zero-order chi connectivity index (χ0) is 18.2. The Bertz CT molecular complexity index is 728. The Morgan fingerprint density at radius 3 is 2.63 bits per heavy atom. The van der Waals surface area contributed by atoms with E-state index in [1.165, 1.54) is 35.6 Å². The van der Waals surface area contributed by atoms with Crippen molar-refractivity contribution in [1.82, 2.24) is 10.2 Å². The molecule has 1 saturated heterocycles.